The number of aliphatic hydroxyl groups is 1. The van der Waals surface area contributed by atoms with Gasteiger partial charge >= 0.3 is 5.97 Å². The molecule has 5 nitrogen and oxygen atoms in total. The van der Waals surface area contributed by atoms with Crippen LogP contribution >= 0.6 is 11.3 Å². The molecule has 0 atom stereocenters. The first-order chi connectivity index (χ1) is 14.8. The summed E-state index contributed by atoms with van der Waals surface area (Å²) in [6.45, 7) is 4.35. The van der Waals surface area contributed by atoms with Crippen LogP contribution in [0.25, 0.3) is 0 Å². The minimum atomic E-state index is -1.00. The lowest BCUT2D eigenvalue weighted by Gasteiger charge is -2.38. The fourth-order valence-electron chi connectivity index (χ4n) is 4.82. The predicted octanol–water partition coefficient (Wildman–Crippen LogP) is 5.06. The summed E-state index contributed by atoms with van der Waals surface area (Å²) in [6, 6.07) is 1.76. The van der Waals surface area contributed by atoms with Gasteiger partial charge in [0.1, 0.15) is 4.88 Å². The van der Waals surface area contributed by atoms with Crippen molar-refractivity contribution >= 4 is 28.9 Å². The number of aliphatic hydroxyl groups excluding tert-OH is 1. The fraction of sp³-hybridized carbons (Fsp3) is 0.680. The number of carboxylic acids is 1. The number of nitrogens with zero attached hydrogens (tertiary/aromatic N) is 1. The average Bonchev–Trinajstić information content (AvgIpc) is 3.33. The van der Waals surface area contributed by atoms with Gasteiger partial charge in [-0.15, -0.1) is 11.3 Å². The van der Waals surface area contributed by atoms with Crippen LogP contribution in [0.5, 0.6) is 0 Å². The predicted molar refractivity (Wildman–Crippen MR) is 122 cm³/mol. The molecule has 3 aliphatic carbocycles. The third-order valence-corrected chi connectivity index (χ3v) is 8.32. The van der Waals surface area contributed by atoms with E-state index >= 15 is 0 Å². The highest BCUT2D eigenvalue weighted by atomic mass is 32.1. The summed E-state index contributed by atoms with van der Waals surface area (Å²) in [5, 5.41) is 19.9. The molecule has 3 aliphatic rings. The van der Waals surface area contributed by atoms with Crippen molar-refractivity contribution in [2.75, 3.05) is 4.90 Å². The van der Waals surface area contributed by atoms with E-state index in [2.05, 4.69) is 25.7 Å². The van der Waals surface area contributed by atoms with Crippen molar-refractivity contribution in [2.45, 2.75) is 90.2 Å². The monoisotopic (exact) mass is 443 g/mol. The SMILES string of the molecule is CC1CCC(C(=O)N(c2cc(C#CC3(C)CC3)sc2C(=O)O)[C@H]2CC[C@@H](O)CC2)CC1. The van der Waals surface area contributed by atoms with Gasteiger partial charge in [0.15, 0.2) is 0 Å². The number of hydrogen-bond donors (Lipinski definition) is 2. The van der Waals surface area contributed by atoms with Crippen LogP contribution in [0.15, 0.2) is 6.07 Å². The van der Waals surface area contributed by atoms with Crippen LogP contribution in [0, 0.1) is 29.1 Å². The quantitative estimate of drug-likeness (QED) is 0.638. The van der Waals surface area contributed by atoms with E-state index in [4.69, 9.17) is 0 Å². The van der Waals surface area contributed by atoms with Gasteiger partial charge in [0, 0.05) is 17.4 Å². The molecule has 2 N–H and O–H groups in total. The maximum absolute atomic E-state index is 13.7. The highest BCUT2D eigenvalue weighted by Crippen LogP contribution is 2.44. The summed E-state index contributed by atoms with van der Waals surface area (Å²) in [7, 11) is 0. The summed E-state index contributed by atoms with van der Waals surface area (Å²) in [6.07, 6.45) is 8.34. The molecule has 0 radical (unpaired) electrons. The number of thiophene rings is 1. The van der Waals surface area contributed by atoms with Gasteiger partial charge in [0.05, 0.1) is 16.7 Å². The van der Waals surface area contributed by atoms with Crippen LogP contribution in [0.2, 0.25) is 0 Å². The Hall–Kier alpha value is -1.84. The molecule has 0 saturated heterocycles. The number of anilines is 1. The summed E-state index contributed by atoms with van der Waals surface area (Å²) in [5.41, 5.74) is 0.564. The zero-order chi connectivity index (χ0) is 22.2. The first-order valence-electron chi connectivity index (χ1n) is 11.7. The zero-order valence-corrected chi connectivity index (χ0v) is 19.3. The molecule has 3 fully saturated rings. The van der Waals surface area contributed by atoms with Crippen LogP contribution in [0.3, 0.4) is 0 Å². The third-order valence-electron chi connectivity index (χ3n) is 7.29. The topological polar surface area (TPSA) is 77.8 Å². The third kappa shape index (κ3) is 5.15. The van der Waals surface area contributed by atoms with Crippen LogP contribution in [0.4, 0.5) is 5.69 Å². The van der Waals surface area contributed by atoms with Crippen molar-refractivity contribution in [3.63, 3.8) is 0 Å². The Balaban J connectivity index is 1.68. The van der Waals surface area contributed by atoms with E-state index in [1.807, 2.05) is 6.07 Å². The summed E-state index contributed by atoms with van der Waals surface area (Å²) in [4.78, 5) is 28.6. The van der Waals surface area contributed by atoms with Crippen molar-refractivity contribution in [1.29, 1.82) is 0 Å². The van der Waals surface area contributed by atoms with Gasteiger partial charge in [-0.1, -0.05) is 18.8 Å². The van der Waals surface area contributed by atoms with Gasteiger partial charge in [-0.2, -0.15) is 0 Å². The summed E-state index contributed by atoms with van der Waals surface area (Å²) < 4.78 is 0. The first kappa shape index (κ1) is 22.4. The molecule has 3 saturated carbocycles. The molecular weight excluding hydrogens is 410 g/mol. The molecule has 1 aromatic heterocycles. The van der Waals surface area contributed by atoms with Gasteiger partial charge in [-0.3, -0.25) is 4.79 Å². The zero-order valence-electron chi connectivity index (χ0n) is 18.5. The lowest BCUT2D eigenvalue weighted by Crippen LogP contribution is -2.47. The molecule has 0 unspecified atom stereocenters. The Morgan fingerprint density at radius 2 is 1.74 bits per heavy atom. The first-order valence-corrected chi connectivity index (χ1v) is 12.5. The second kappa shape index (κ2) is 8.96. The second-order valence-corrected chi connectivity index (χ2v) is 11.1. The Morgan fingerprint density at radius 3 is 2.32 bits per heavy atom. The van der Waals surface area contributed by atoms with Crippen LogP contribution < -0.4 is 4.90 Å². The van der Waals surface area contributed by atoms with E-state index in [-0.39, 0.29) is 34.3 Å². The highest BCUT2D eigenvalue weighted by molar-refractivity contribution is 7.15. The number of carbonyl (C=O) groups is 2. The summed E-state index contributed by atoms with van der Waals surface area (Å²) in [5.74, 6) is 6.11. The number of amides is 1. The molecule has 1 heterocycles. The van der Waals surface area contributed by atoms with Gasteiger partial charge in [0.25, 0.3) is 0 Å². The van der Waals surface area contributed by atoms with Gasteiger partial charge in [0.2, 0.25) is 5.91 Å². The maximum atomic E-state index is 13.7. The number of rotatable bonds is 4. The number of carbonyl (C=O) groups excluding carboxylic acids is 1. The molecule has 6 heteroatoms. The molecule has 1 aromatic rings. The van der Waals surface area contributed by atoms with Crippen molar-refractivity contribution < 1.29 is 19.8 Å². The van der Waals surface area contributed by atoms with Crippen molar-refractivity contribution in [2.24, 2.45) is 17.3 Å². The van der Waals surface area contributed by atoms with Gasteiger partial charge < -0.3 is 15.1 Å². The minimum Gasteiger partial charge on any atom is -0.477 e. The Kier molecular flexibility index (Phi) is 6.46. The Bertz CT molecular complexity index is 890. The maximum Gasteiger partial charge on any atom is 0.348 e. The molecule has 0 aliphatic heterocycles. The lowest BCUT2D eigenvalue weighted by atomic mass is 9.81. The van der Waals surface area contributed by atoms with Gasteiger partial charge in [-0.05, 0) is 83.1 Å². The smallest absolute Gasteiger partial charge is 0.348 e. The fourth-order valence-corrected chi connectivity index (χ4v) is 5.66. The molecule has 0 bridgehead atoms. The van der Waals surface area contributed by atoms with Crippen LogP contribution in [0.1, 0.15) is 92.6 Å². The highest BCUT2D eigenvalue weighted by Gasteiger charge is 2.38. The molecule has 168 valence electrons. The molecule has 0 aromatic carbocycles. The molecule has 0 spiro atoms. The molecule has 31 heavy (non-hydrogen) atoms. The summed E-state index contributed by atoms with van der Waals surface area (Å²) >= 11 is 1.18. The normalized spacial score (nSPS) is 29.5. The van der Waals surface area contributed by atoms with Crippen molar-refractivity contribution in [3.8, 4) is 11.8 Å². The largest absolute Gasteiger partial charge is 0.477 e. The Labute approximate surface area is 188 Å². The average molecular weight is 444 g/mol. The number of carboxylic acid groups (broad SMARTS) is 1. The Morgan fingerprint density at radius 1 is 1.10 bits per heavy atom. The van der Waals surface area contributed by atoms with E-state index in [1.54, 1.807) is 4.90 Å². The second-order valence-electron chi connectivity index (χ2n) is 10.1. The van der Waals surface area contributed by atoms with E-state index in [1.165, 1.54) is 11.3 Å². The van der Waals surface area contributed by atoms with Crippen LogP contribution in [-0.4, -0.2) is 34.2 Å². The van der Waals surface area contributed by atoms with E-state index in [0.717, 1.165) is 38.5 Å². The minimum absolute atomic E-state index is 0.0514. The number of hydrogen-bond acceptors (Lipinski definition) is 4. The van der Waals surface area contributed by atoms with Gasteiger partial charge in [-0.25, -0.2) is 4.79 Å². The molecule has 1 amide bonds. The molecule has 4 rings (SSSR count). The van der Waals surface area contributed by atoms with E-state index < -0.39 is 5.97 Å². The standard InChI is InChI=1S/C25H33NO4S/c1-16-3-5-17(6-4-16)23(28)26(18-7-9-19(27)10-8-18)21-15-20(31-22(21)24(29)30)11-12-25(2)13-14-25/h15-19,27H,3-10,13-14H2,1-2H3,(H,29,30)/t16?,17?,18-,19+. The van der Waals surface area contributed by atoms with E-state index in [0.29, 0.717) is 42.2 Å². The van der Waals surface area contributed by atoms with Crippen LogP contribution in [-0.2, 0) is 4.79 Å². The van der Waals surface area contributed by atoms with E-state index in [9.17, 15) is 19.8 Å². The van der Waals surface area contributed by atoms with Crippen molar-refractivity contribution in [3.05, 3.63) is 15.8 Å². The van der Waals surface area contributed by atoms with Crippen molar-refractivity contribution in [1.82, 2.24) is 0 Å². The lowest BCUT2D eigenvalue weighted by molar-refractivity contribution is -0.124. The number of aromatic carboxylic acids is 1. The molecular formula is C25H33NO4S.